The molecule has 1 unspecified atom stereocenters. The quantitative estimate of drug-likeness (QED) is 0.675. The van der Waals surface area contributed by atoms with Crippen LogP contribution in [0.4, 0.5) is 0 Å². The van der Waals surface area contributed by atoms with Crippen LogP contribution in [0.3, 0.4) is 0 Å². The van der Waals surface area contributed by atoms with Crippen molar-refractivity contribution in [1.29, 1.82) is 0 Å². The summed E-state index contributed by atoms with van der Waals surface area (Å²) in [6.07, 6.45) is 1.17. The molecule has 1 nitrogen and oxygen atoms in total. The van der Waals surface area contributed by atoms with Crippen molar-refractivity contribution in [3.8, 4) is 0 Å². The summed E-state index contributed by atoms with van der Waals surface area (Å²) in [6.45, 7) is 19.4. The fourth-order valence-electron chi connectivity index (χ4n) is 2.92. The molecular formula is C20H35N. The maximum Gasteiger partial charge on any atom is 0.0327 e. The number of nitrogens with one attached hydrogen (secondary N) is 1. The van der Waals surface area contributed by atoms with E-state index in [-0.39, 0.29) is 0 Å². The minimum absolute atomic E-state index is 0.331. The first kappa shape index (κ1) is 18.2. The second-order valence-corrected chi connectivity index (χ2v) is 8.07. The van der Waals surface area contributed by atoms with Gasteiger partial charge in [-0.25, -0.2) is 0 Å². The minimum Gasteiger partial charge on any atom is -0.310 e. The lowest BCUT2D eigenvalue weighted by Gasteiger charge is -2.30. The van der Waals surface area contributed by atoms with Crippen molar-refractivity contribution in [2.24, 2.45) is 5.41 Å². The Labute approximate surface area is 132 Å². The smallest absolute Gasteiger partial charge is 0.0327 e. The highest BCUT2D eigenvalue weighted by Crippen LogP contribution is 2.34. The molecule has 0 aliphatic heterocycles. The topological polar surface area (TPSA) is 12.0 Å². The second kappa shape index (κ2) is 7.45. The van der Waals surface area contributed by atoms with E-state index in [0.717, 1.165) is 6.54 Å². The van der Waals surface area contributed by atoms with Crippen LogP contribution in [-0.2, 0) is 0 Å². The van der Waals surface area contributed by atoms with Crippen LogP contribution < -0.4 is 5.32 Å². The largest absolute Gasteiger partial charge is 0.310 e. The summed E-state index contributed by atoms with van der Waals surface area (Å²) < 4.78 is 0. The molecule has 0 saturated heterocycles. The summed E-state index contributed by atoms with van der Waals surface area (Å²) >= 11 is 0. The number of hydrogen-bond donors (Lipinski definition) is 1. The van der Waals surface area contributed by atoms with E-state index in [1.54, 1.807) is 0 Å². The van der Waals surface area contributed by atoms with Gasteiger partial charge in [0.2, 0.25) is 0 Å². The molecule has 0 heterocycles. The Morgan fingerprint density at radius 3 is 2.00 bits per heavy atom. The first-order valence-corrected chi connectivity index (χ1v) is 8.52. The van der Waals surface area contributed by atoms with Gasteiger partial charge in [0.15, 0.2) is 0 Å². The third-order valence-corrected chi connectivity index (χ3v) is 4.04. The Kier molecular flexibility index (Phi) is 6.46. The first-order valence-electron chi connectivity index (χ1n) is 8.52. The van der Waals surface area contributed by atoms with Crippen LogP contribution in [0, 0.1) is 5.41 Å². The fourth-order valence-corrected chi connectivity index (χ4v) is 2.92. The van der Waals surface area contributed by atoms with Crippen molar-refractivity contribution in [3.05, 3.63) is 34.9 Å². The van der Waals surface area contributed by atoms with Crippen LogP contribution in [0.15, 0.2) is 18.2 Å². The third-order valence-electron chi connectivity index (χ3n) is 4.04. The van der Waals surface area contributed by atoms with E-state index in [2.05, 4.69) is 78.9 Å². The molecular weight excluding hydrogens is 254 g/mol. The normalized spacial score (nSPS) is 14.0. The Morgan fingerprint density at radius 2 is 1.57 bits per heavy atom. The molecule has 0 aliphatic rings. The third kappa shape index (κ3) is 5.47. The Balaban J connectivity index is 3.23. The van der Waals surface area contributed by atoms with Crippen LogP contribution in [0.25, 0.3) is 0 Å². The van der Waals surface area contributed by atoms with Crippen LogP contribution in [0.2, 0.25) is 0 Å². The highest BCUT2D eigenvalue weighted by Gasteiger charge is 2.22. The predicted octanol–water partition coefficient (Wildman–Crippen LogP) is 6.02. The lowest BCUT2D eigenvalue weighted by Crippen LogP contribution is -2.26. The van der Waals surface area contributed by atoms with Gasteiger partial charge >= 0.3 is 0 Å². The fraction of sp³-hybridized carbons (Fsp3) is 0.700. The summed E-state index contributed by atoms with van der Waals surface area (Å²) in [4.78, 5) is 0. The van der Waals surface area contributed by atoms with Crippen molar-refractivity contribution < 1.29 is 0 Å². The Hall–Kier alpha value is -0.820. The molecule has 0 radical (unpaired) electrons. The number of hydrogen-bond acceptors (Lipinski definition) is 1. The van der Waals surface area contributed by atoms with E-state index in [0.29, 0.717) is 23.3 Å². The molecule has 0 spiro atoms. The van der Waals surface area contributed by atoms with Gasteiger partial charge < -0.3 is 5.32 Å². The number of rotatable bonds is 6. The molecule has 0 bridgehead atoms. The second-order valence-electron chi connectivity index (χ2n) is 8.07. The van der Waals surface area contributed by atoms with Crippen molar-refractivity contribution >= 4 is 0 Å². The van der Waals surface area contributed by atoms with Crippen molar-refractivity contribution in [2.45, 2.75) is 79.7 Å². The highest BCUT2D eigenvalue weighted by atomic mass is 14.9. The molecule has 1 rings (SSSR count). The van der Waals surface area contributed by atoms with E-state index in [1.165, 1.54) is 23.1 Å². The molecule has 1 atom stereocenters. The molecule has 120 valence electrons. The maximum atomic E-state index is 3.70. The summed E-state index contributed by atoms with van der Waals surface area (Å²) in [6, 6.07) is 7.56. The zero-order valence-corrected chi connectivity index (χ0v) is 15.4. The van der Waals surface area contributed by atoms with Gasteiger partial charge in [0.1, 0.15) is 0 Å². The molecule has 0 amide bonds. The SMILES string of the molecule is CCNC(CC(C)(C)C)c1ccc(C(C)C)cc1C(C)C. The van der Waals surface area contributed by atoms with E-state index in [1.807, 2.05) is 0 Å². The van der Waals surface area contributed by atoms with Crippen molar-refractivity contribution in [1.82, 2.24) is 5.32 Å². The van der Waals surface area contributed by atoms with Crippen LogP contribution in [-0.4, -0.2) is 6.54 Å². The van der Waals surface area contributed by atoms with Gasteiger partial charge in [-0.2, -0.15) is 0 Å². The van der Waals surface area contributed by atoms with Gasteiger partial charge in [-0.05, 0) is 46.9 Å². The highest BCUT2D eigenvalue weighted by molar-refractivity contribution is 5.37. The van der Waals surface area contributed by atoms with E-state index < -0.39 is 0 Å². The van der Waals surface area contributed by atoms with E-state index in [9.17, 15) is 0 Å². The Morgan fingerprint density at radius 1 is 0.952 bits per heavy atom. The van der Waals surface area contributed by atoms with Gasteiger partial charge in [0, 0.05) is 6.04 Å². The molecule has 1 aromatic rings. The molecule has 0 fully saturated rings. The monoisotopic (exact) mass is 289 g/mol. The molecule has 0 saturated carbocycles. The molecule has 0 aromatic heterocycles. The zero-order chi connectivity index (χ0) is 16.2. The number of benzene rings is 1. The summed E-state index contributed by atoms with van der Waals surface area (Å²) in [7, 11) is 0. The van der Waals surface area contributed by atoms with E-state index in [4.69, 9.17) is 0 Å². The van der Waals surface area contributed by atoms with Gasteiger partial charge in [-0.15, -0.1) is 0 Å². The molecule has 1 aromatic carbocycles. The lowest BCUT2D eigenvalue weighted by atomic mass is 9.81. The summed E-state index contributed by atoms with van der Waals surface area (Å²) in [5.41, 5.74) is 4.79. The Bertz CT molecular complexity index is 438. The predicted molar refractivity (Wildman–Crippen MR) is 95.1 cm³/mol. The zero-order valence-electron chi connectivity index (χ0n) is 15.4. The van der Waals surface area contributed by atoms with Gasteiger partial charge in [-0.3, -0.25) is 0 Å². The lowest BCUT2D eigenvalue weighted by molar-refractivity contribution is 0.313. The standard InChI is InChI=1S/C20H35N/c1-9-21-19(13-20(6,7)8)17-11-10-16(14(2)3)12-18(17)15(4)5/h10-12,14-15,19,21H,9,13H2,1-8H3. The molecule has 1 heteroatoms. The van der Waals surface area contributed by atoms with Crippen molar-refractivity contribution in [3.63, 3.8) is 0 Å². The molecule has 21 heavy (non-hydrogen) atoms. The van der Waals surface area contributed by atoms with Crippen LogP contribution >= 0.6 is 0 Å². The summed E-state index contributed by atoms with van der Waals surface area (Å²) in [5, 5.41) is 3.70. The average Bonchev–Trinajstić information content (AvgIpc) is 2.35. The maximum absolute atomic E-state index is 3.70. The minimum atomic E-state index is 0.331. The average molecular weight is 290 g/mol. The van der Waals surface area contributed by atoms with E-state index >= 15 is 0 Å². The van der Waals surface area contributed by atoms with Gasteiger partial charge in [0.25, 0.3) is 0 Å². The van der Waals surface area contributed by atoms with Gasteiger partial charge in [0.05, 0.1) is 0 Å². The first-order chi connectivity index (χ1) is 9.65. The van der Waals surface area contributed by atoms with Crippen LogP contribution in [0.5, 0.6) is 0 Å². The van der Waals surface area contributed by atoms with Crippen molar-refractivity contribution in [2.75, 3.05) is 6.54 Å². The molecule has 0 aliphatic carbocycles. The summed E-state index contributed by atoms with van der Waals surface area (Å²) in [5.74, 6) is 1.16. The van der Waals surface area contributed by atoms with Crippen LogP contribution in [0.1, 0.15) is 96.4 Å². The molecule has 1 N–H and O–H groups in total. The van der Waals surface area contributed by atoms with Gasteiger partial charge in [-0.1, -0.05) is 73.6 Å².